The summed E-state index contributed by atoms with van der Waals surface area (Å²) < 4.78 is 33.3. The van der Waals surface area contributed by atoms with E-state index >= 15 is 0 Å². The first-order valence-corrected chi connectivity index (χ1v) is 21.1. The number of quaternary nitrogens is 1. The van der Waals surface area contributed by atoms with Crippen LogP contribution in [-0.4, -0.2) is 88.8 Å². The molecule has 3 heterocycles. The highest BCUT2D eigenvalue weighted by Gasteiger charge is 2.44. The molecule has 2 aromatic heterocycles. The molecule has 0 radical (unpaired) electrons. The van der Waals surface area contributed by atoms with Crippen molar-refractivity contribution in [3.05, 3.63) is 144 Å². The zero-order valence-electron chi connectivity index (χ0n) is 35.9. The molecule has 1 N–H and O–H groups in total. The SMILES string of the molecule is CC[N+](CC)(CC)OC(=O)CCC(=O)O[C@H]1C[C@H](n2cnc3c(NCc4ccccc4)ncnc32)O[C@@H]1COC(c1ccccc1)(c1ccc(OC)cc1)c1ccc(OC)cc1. The number of rotatable bonds is 20. The van der Waals surface area contributed by atoms with Gasteiger partial charge in [0.15, 0.2) is 17.0 Å². The van der Waals surface area contributed by atoms with Gasteiger partial charge in [-0.1, -0.05) is 84.9 Å². The fourth-order valence-electron chi connectivity index (χ4n) is 7.96. The van der Waals surface area contributed by atoms with Crippen LogP contribution in [0.15, 0.2) is 122 Å². The lowest BCUT2D eigenvalue weighted by Gasteiger charge is -2.37. The van der Waals surface area contributed by atoms with Gasteiger partial charge in [-0.2, -0.15) is 0 Å². The van der Waals surface area contributed by atoms with E-state index < -0.39 is 36.0 Å². The molecule has 62 heavy (non-hydrogen) atoms. The molecule has 3 atom stereocenters. The number of anilines is 1. The Bertz CT molecular complexity index is 2320. The molecule has 1 fully saturated rings. The summed E-state index contributed by atoms with van der Waals surface area (Å²) in [5, 5.41) is 3.39. The summed E-state index contributed by atoms with van der Waals surface area (Å²) in [7, 11) is 3.26. The number of methoxy groups -OCH3 is 2. The molecule has 0 aliphatic carbocycles. The zero-order chi connectivity index (χ0) is 43.5. The molecule has 1 aliphatic rings. The highest BCUT2D eigenvalue weighted by Crippen LogP contribution is 2.43. The first-order chi connectivity index (χ1) is 30.2. The molecule has 324 valence electrons. The second-order valence-corrected chi connectivity index (χ2v) is 15.1. The number of esters is 1. The van der Waals surface area contributed by atoms with E-state index in [1.165, 1.54) is 6.33 Å². The minimum absolute atomic E-state index is 0.00155. The number of aromatic nitrogens is 4. The van der Waals surface area contributed by atoms with E-state index in [1.54, 1.807) is 20.5 Å². The van der Waals surface area contributed by atoms with Gasteiger partial charge in [0.25, 0.3) is 0 Å². The Hall–Kier alpha value is -6.35. The first kappa shape index (κ1) is 43.7. The van der Waals surface area contributed by atoms with Gasteiger partial charge in [-0.25, -0.2) is 19.7 Å². The number of nitrogens with zero attached hydrogens (tertiary/aromatic N) is 5. The van der Waals surface area contributed by atoms with Crippen LogP contribution in [0.4, 0.5) is 5.82 Å². The average molecular weight is 844 g/mol. The van der Waals surface area contributed by atoms with E-state index in [2.05, 4.69) is 15.3 Å². The number of carbonyl (C=O) groups excluding carboxylic acids is 2. The van der Waals surface area contributed by atoms with Crippen LogP contribution in [0.25, 0.3) is 11.2 Å². The zero-order valence-corrected chi connectivity index (χ0v) is 35.9. The fraction of sp³-hybridized carbons (Fsp3) is 0.354. The molecular weight excluding hydrogens is 789 g/mol. The summed E-state index contributed by atoms with van der Waals surface area (Å²) in [6, 6.07) is 35.5. The molecule has 6 aromatic rings. The van der Waals surface area contributed by atoms with Gasteiger partial charge in [-0.15, -0.1) is 4.65 Å². The Kier molecular flexibility index (Phi) is 14.1. The van der Waals surface area contributed by atoms with Crippen LogP contribution in [-0.2, 0) is 40.8 Å². The predicted octanol–water partition coefficient (Wildman–Crippen LogP) is 7.78. The molecule has 14 nitrogen and oxygen atoms in total. The number of hydrogen-bond donors (Lipinski definition) is 1. The number of benzene rings is 4. The summed E-state index contributed by atoms with van der Waals surface area (Å²) in [6.45, 7) is 8.34. The van der Waals surface area contributed by atoms with E-state index in [1.807, 2.05) is 135 Å². The molecule has 1 saturated heterocycles. The normalized spacial score (nSPS) is 16.5. The molecule has 14 heteroatoms. The van der Waals surface area contributed by atoms with Gasteiger partial charge in [-0.05, 0) is 67.3 Å². The second kappa shape index (κ2) is 20.0. The molecule has 1 aliphatic heterocycles. The Balaban J connectivity index is 1.20. The number of fused-ring (bicyclic) bond motifs is 1. The first-order valence-electron chi connectivity index (χ1n) is 21.1. The Morgan fingerprint density at radius 2 is 1.34 bits per heavy atom. The number of hydrogen-bond acceptors (Lipinski definition) is 12. The van der Waals surface area contributed by atoms with Gasteiger partial charge in [0, 0.05) is 13.0 Å². The molecule has 0 amide bonds. The van der Waals surface area contributed by atoms with E-state index in [9.17, 15) is 9.59 Å². The summed E-state index contributed by atoms with van der Waals surface area (Å²) >= 11 is 0. The lowest BCUT2D eigenvalue weighted by Crippen LogP contribution is -2.48. The van der Waals surface area contributed by atoms with Crippen LogP contribution in [0.1, 0.15) is 68.5 Å². The van der Waals surface area contributed by atoms with E-state index in [-0.39, 0.29) is 30.5 Å². The lowest BCUT2D eigenvalue weighted by molar-refractivity contribution is -1.09. The van der Waals surface area contributed by atoms with Crippen molar-refractivity contribution >= 4 is 28.9 Å². The minimum atomic E-state index is -1.16. The third kappa shape index (κ3) is 9.57. The predicted molar refractivity (Wildman–Crippen MR) is 233 cm³/mol. The van der Waals surface area contributed by atoms with Crippen LogP contribution in [0.2, 0.25) is 0 Å². The van der Waals surface area contributed by atoms with Crippen molar-refractivity contribution in [3.8, 4) is 11.5 Å². The highest BCUT2D eigenvalue weighted by atomic mass is 16.7. The smallest absolute Gasteiger partial charge is 0.367 e. The van der Waals surface area contributed by atoms with Crippen LogP contribution in [0.3, 0.4) is 0 Å². The Morgan fingerprint density at radius 1 is 0.758 bits per heavy atom. The Labute approximate surface area is 362 Å². The summed E-state index contributed by atoms with van der Waals surface area (Å²) in [5.74, 6) is 0.965. The summed E-state index contributed by atoms with van der Waals surface area (Å²) in [6.07, 6.45) is 0.971. The van der Waals surface area contributed by atoms with Gasteiger partial charge in [-0.3, -0.25) is 14.2 Å². The molecule has 0 spiro atoms. The van der Waals surface area contributed by atoms with Crippen molar-refractivity contribution in [2.24, 2.45) is 0 Å². The molecule has 0 saturated carbocycles. The van der Waals surface area contributed by atoms with E-state index in [0.29, 0.717) is 54.7 Å². The topological polar surface area (TPSA) is 145 Å². The van der Waals surface area contributed by atoms with Crippen molar-refractivity contribution in [1.82, 2.24) is 19.5 Å². The second-order valence-electron chi connectivity index (χ2n) is 15.1. The largest absolute Gasteiger partial charge is 0.497 e. The number of hydroxylamine groups is 3. The summed E-state index contributed by atoms with van der Waals surface area (Å²) in [4.78, 5) is 46.2. The maximum absolute atomic E-state index is 13.6. The van der Waals surface area contributed by atoms with Gasteiger partial charge < -0.3 is 29.0 Å². The number of nitrogens with one attached hydrogen (secondary N) is 1. The van der Waals surface area contributed by atoms with Crippen LogP contribution in [0, 0.1) is 0 Å². The maximum atomic E-state index is 13.6. The number of carbonyl (C=O) groups is 2. The lowest BCUT2D eigenvalue weighted by atomic mass is 9.80. The van der Waals surface area contributed by atoms with Crippen LogP contribution in [0.5, 0.6) is 11.5 Å². The van der Waals surface area contributed by atoms with E-state index in [4.69, 9.17) is 33.5 Å². The number of imidazole rings is 1. The van der Waals surface area contributed by atoms with Crippen molar-refractivity contribution in [1.29, 1.82) is 0 Å². The Morgan fingerprint density at radius 3 is 1.94 bits per heavy atom. The third-order valence-corrected chi connectivity index (χ3v) is 11.6. The van der Waals surface area contributed by atoms with Gasteiger partial charge in [0.1, 0.15) is 61.5 Å². The highest BCUT2D eigenvalue weighted by molar-refractivity contribution is 5.82. The molecule has 4 aromatic carbocycles. The maximum Gasteiger partial charge on any atom is 0.367 e. The van der Waals surface area contributed by atoms with Gasteiger partial charge in [0.2, 0.25) is 0 Å². The standard InChI is InChI=1S/C48H55N6O8/c1-6-54(7-2,8-3)62-44(56)28-27-43(55)61-40-29-42(53-33-52-45-46(50-32-51-47(45)53)49-30-34-15-11-9-12-16-34)60-41(40)31-59-48(35-17-13-10-14-18-35,36-19-23-38(57-4)24-20-36)37-21-25-39(58-5)26-22-37/h9-26,32-33,40-42H,6-8,27-31H2,1-5H3,(H,49,50,51)/q+1/t40-,41+,42+/m0/s1. The quantitative estimate of drug-likeness (QED) is 0.0347. The molecule has 0 unspecified atom stereocenters. The average Bonchev–Trinajstić information content (AvgIpc) is 3.95. The van der Waals surface area contributed by atoms with Crippen molar-refractivity contribution in [3.63, 3.8) is 0 Å². The van der Waals surface area contributed by atoms with Gasteiger partial charge >= 0.3 is 11.9 Å². The van der Waals surface area contributed by atoms with Crippen LogP contribution >= 0.6 is 0 Å². The van der Waals surface area contributed by atoms with Crippen molar-refractivity contribution in [2.45, 2.75) is 70.6 Å². The molecule has 0 bridgehead atoms. The minimum Gasteiger partial charge on any atom is -0.497 e. The number of ether oxygens (including phenoxy) is 5. The summed E-state index contributed by atoms with van der Waals surface area (Å²) in [5.41, 5.74) is 3.60. The third-order valence-electron chi connectivity index (χ3n) is 11.6. The van der Waals surface area contributed by atoms with Crippen molar-refractivity contribution in [2.75, 3.05) is 45.8 Å². The fourth-order valence-corrected chi connectivity index (χ4v) is 7.96. The van der Waals surface area contributed by atoms with Gasteiger partial charge in [0.05, 0.1) is 40.0 Å². The van der Waals surface area contributed by atoms with Crippen LogP contribution < -0.4 is 14.8 Å². The van der Waals surface area contributed by atoms with Crippen molar-refractivity contribution < 1.29 is 42.8 Å². The monoisotopic (exact) mass is 843 g/mol. The van der Waals surface area contributed by atoms with E-state index in [0.717, 1.165) is 22.3 Å². The molecule has 7 rings (SSSR count). The molecular formula is C48H55N6O8+.